The second-order valence-electron chi connectivity index (χ2n) is 4.89. The van der Waals surface area contributed by atoms with E-state index < -0.39 is 11.9 Å². The quantitative estimate of drug-likeness (QED) is 0.800. The molecule has 0 radical (unpaired) electrons. The molecule has 0 saturated heterocycles. The molecule has 0 bridgehead atoms. The highest BCUT2D eigenvalue weighted by molar-refractivity contribution is 5.78. The second kappa shape index (κ2) is 7.53. The second-order valence-corrected chi connectivity index (χ2v) is 4.89. The number of nitrogens with one attached hydrogen (secondary N) is 1. The van der Waals surface area contributed by atoms with E-state index >= 15 is 0 Å². The van der Waals surface area contributed by atoms with Crippen LogP contribution in [-0.4, -0.2) is 30.6 Å². The fourth-order valence-corrected chi connectivity index (χ4v) is 1.89. The van der Waals surface area contributed by atoms with Crippen LogP contribution < -0.4 is 10.1 Å². The van der Waals surface area contributed by atoms with Gasteiger partial charge in [0, 0.05) is 13.0 Å². The first-order chi connectivity index (χ1) is 9.45. The highest BCUT2D eigenvalue weighted by atomic mass is 16.5. The van der Waals surface area contributed by atoms with Crippen LogP contribution >= 0.6 is 0 Å². The van der Waals surface area contributed by atoms with Crippen LogP contribution in [0.2, 0.25) is 0 Å². The Kier molecular flexibility index (Phi) is 6.03. The highest BCUT2D eigenvalue weighted by Crippen LogP contribution is 2.28. The summed E-state index contributed by atoms with van der Waals surface area (Å²) in [6, 6.07) is 7.56. The molecular weight excluding hydrogens is 258 g/mol. The largest absolute Gasteiger partial charge is 0.496 e. The van der Waals surface area contributed by atoms with Crippen molar-refractivity contribution in [3.05, 3.63) is 29.8 Å². The molecule has 0 fully saturated rings. The van der Waals surface area contributed by atoms with Gasteiger partial charge in [0.15, 0.2) is 0 Å². The maximum Gasteiger partial charge on any atom is 0.308 e. The van der Waals surface area contributed by atoms with E-state index in [1.165, 1.54) is 0 Å². The van der Waals surface area contributed by atoms with Crippen molar-refractivity contribution < 1.29 is 19.4 Å². The summed E-state index contributed by atoms with van der Waals surface area (Å²) in [5.74, 6) is -0.891. The number of carboxylic acid groups (broad SMARTS) is 1. The smallest absolute Gasteiger partial charge is 0.308 e. The number of hydrogen-bond acceptors (Lipinski definition) is 3. The Bertz CT molecular complexity index is 473. The number of carbonyl (C=O) groups is 2. The van der Waals surface area contributed by atoms with Crippen molar-refractivity contribution in [3.8, 4) is 5.75 Å². The van der Waals surface area contributed by atoms with E-state index in [2.05, 4.69) is 5.32 Å². The van der Waals surface area contributed by atoms with Gasteiger partial charge in [0.05, 0.1) is 13.0 Å². The minimum absolute atomic E-state index is 0.00582. The predicted molar refractivity (Wildman–Crippen MR) is 75.8 cm³/mol. The number of aliphatic carboxylic acids is 1. The number of rotatable bonds is 7. The van der Waals surface area contributed by atoms with Gasteiger partial charge in [-0.25, -0.2) is 0 Å². The molecule has 1 rings (SSSR count). The van der Waals surface area contributed by atoms with Crippen LogP contribution in [0.4, 0.5) is 0 Å². The third kappa shape index (κ3) is 4.57. The van der Waals surface area contributed by atoms with Gasteiger partial charge < -0.3 is 15.2 Å². The molecule has 0 aliphatic carbocycles. The molecule has 0 spiro atoms. The Labute approximate surface area is 118 Å². The molecular formula is C15H21NO4. The molecule has 0 saturated carbocycles. The summed E-state index contributed by atoms with van der Waals surface area (Å²) in [6.07, 6.45) is 0.298. The van der Waals surface area contributed by atoms with E-state index in [0.717, 1.165) is 11.3 Å². The van der Waals surface area contributed by atoms with Gasteiger partial charge in [-0.05, 0) is 17.5 Å². The van der Waals surface area contributed by atoms with E-state index in [0.29, 0.717) is 6.42 Å². The first-order valence-corrected chi connectivity index (χ1v) is 6.58. The van der Waals surface area contributed by atoms with Crippen molar-refractivity contribution in [2.24, 2.45) is 5.92 Å². The van der Waals surface area contributed by atoms with Crippen LogP contribution in [0.5, 0.6) is 5.75 Å². The van der Waals surface area contributed by atoms with Crippen molar-refractivity contribution in [1.29, 1.82) is 0 Å². The summed E-state index contributed by atoms with van der Waals surface area (Å²) in [6.45, 7) is 3.65. The van der Waals surface area contributed by atoms with Gasteiger partial charge in [-0.15, -0.1) is 0 Å². The fraction of sp³-hybridized carbons (Fsp3) is 0.467. The molecule has 1 amide bonds. The van der Waals surface area contributed by atoms with E-state index in [-0.39, 0.29) is 18.4 Å². The van der Waals surface area contributed by atoms with Crippen LogP contribution in [0.3, 0.4) is 0 Å². The minimum Gasteiger partial charge on any atom is -0.496 e. The number of hydrogen-bond donors (Lipinski definition) is 2. The van der Waals surface area contributed by atoms with Gasteiger partial charge >= 0.3 is 5.97 Å². The molecule has 2 atom stereocenters. The molecule has 5 heteroatoms. The predicted octanol–water partition coefficient (Wildman–Crippen LogP) is 2.03. The van der Waals surface area contributed by atoms with Crippen LogP contribution in [0.15, 0.2) is 24.3 Å². The van der Waals surface area contributed by atoms with Crippen LogP contribution in [-0.2, 0) is 9.59 Å². The van der Waals surface area contributed by atoms with Crippen molar-refractivity contribution in [2.45, 2.75) is 26.2 Å². The number of amides is 1. The third-order valence-electron chi connectivity index (χ3n) is 3.19. The highest BCUT2D eigenvalue weighted by Gasteiger charge is 2.16. The lowest BCUT2D eigenvalue weighted by Gasteiger charge is -2.16. The fourth-order valence-electron chi connectivity index (χ4n) is 1.89. The zero-order valence-electron chi connectivity index (χ0n) is 12.1. The van der Waals surface area contributed by atoms with Gasteiger partial charge in [0.2, 0.25) is 5.91 Å². The molecule has 0 heterocycles. The van der Waals surface area contributed by atoms with Crippen molar-refractivity contribution >= 4 is 11.9 Å². The van der Waals surface area contributed by atoms with Gasteiger partial charge in [-0.3, -0.25) is 9.59 Å². The number of para-hydroxylation sites is 1. The first kappa shape index (κ1) is 16.0. The first-order valence-electron chi connectivity index (χ1n) is 6.58. The van der Waals surface area contributed by atoms with Crippen molar-refractivity contribution in [3.63, 3.8) is 0 Å². The molecule has 1 aromatic carbocycles. The molecule has 0 aliphatic rings. The number of carbonyl (C=O) groups excluding carboxylic acids is 1. The molecule has 2 unspecified atom stereocenters. The van der Waals surface area contributed by atoms with Gasteiger partial charge in [0.25, 0.3) is 0 Å². The summed E-state index contributed by atoms with van der Waals surface area (Å²) >= 11 is 0. The van der Waals surface area contributed by atoms with Crippen LogP contribution in [0, 0.1) is 5.92 Å². The average Bonchev–Trinajstić information content (AvgIpc) is 2.44. The maximum atomic E-state index is 11.8. The van der Waals surface area contributed by atoms with Crippen molar-refractivity contribution in [2.75, 3.05) is 13.7 Å². The molecule has 2 N–H and O–H groups in total. The Morgan fingerprint density at radius 2 is 1.95 bits per heavy atom. The Morgan fingerprint density at radius 3 is 2.55 bits per heavy atom. The SMILES string of the molecule is COc1ccccc1C(C)CC(=O)NCC(C)C(=O)O. The summed E-state index contributed by atoms with van der Waals surface area (Å²) in [5, 5.41) is 11.4. The lowest BCUT2D eigenvalue weighted by atomic mass is 9.96. The van der Waals surface area contributed by atoms with Gasteiger partial charge in [-0.2, -0.15) is 0 Å². The summed E-state index contributed by atoms with van der Waals surface area (Å²) in [7, 11) is 1.60. The molecule has 1 aromatic rings. The minimum atomic E-state index is -0.914. The lowest BCUT2D eigenvalue weighted by molar-refractivity contribution is -0.141. The zero-order valence-corrected chi connectivity index (χ0v) is 12.1. The van der Waals surface area contributed by atoms with E-state index in [1.807, 2.05) is 31.2 Å². The summed E-state index contributed by atoms with van der Waals surface area (Å²) in [5.41, 5.74) is 0.969. The molecule has 110 valence electrons. The molecule has 20 heavy (non-hydrogen) atoms. The zero-order chi connectivity index (χ0) is 15.1. The van der Waals surface area contributed by atoms with Crippen molar-refractivity contribution in [1.82, 2.24) is 5.32 Å². The van der Waals surface area contributed by atoms with Gasteiger partial charge in [0.1, 0.15) is 5.75 Å². The van der Waals surface area contributed by atoms with E-state index in [4.69, 9.17) is 9.84 Å². The third-order valence-corrected chi connectivity index (χ3v) is 3.19. The van der Waals surface area contributed by atoms with E-state index in [9.17, 15) is 9.59 Å². The lowest BCUT2D eigenvalue weighted by Crippen LogP contribution is -2.32. The maximum absolute atomic E-state index is 11.8. The number of methoxy groups -OCH3 is 1. The van der Waals surface area contributed by atoms with Gasteiger partial charge in [-0.1, -0.05) is 32.0 Å². The topological polar surface area (TPSA) is 75.6 Å². The molecule has 0 aromatic heterocycles. The Morgan fingerprint density at radius 1 is 1.30 bits per heavy atom. The Balaban J connectivity index is 2.55. The number of ether oxygens (including phenoxy) is 1. The summed E-state index contributed by atoms with van der Waals surface area (Å²) < 4.78 is 5.27. The molecule has 5 nitrogen and oxygen atoms in total. The summed E-state index contributed by atoms with van der Waals surface area (Å²) in [4.78, 5) is 22.5. The van der Waals surface area contributed by atoms with Crippen LogP contribution in [0.1, 0.15) is 31.7 Å². The standard InChI is InChI=1S/C15H21NO4/c1-10(12-6-4-5-7-13(12)20-3)8-14(17)16-9-11(2)15(18)19/h4-7,10-11H,8-9H2,1-3H3,(H,16,17)(H,18,19). The average molecular weight is 279 g/mol. The monoisotopic (exact) mass is 279 g/mol. The van der Waals surface area contributed by atoms with Crippen LogP contribution in [0.25, 0.3) is 0 Å². The van der Waals surface area contributed by atoms with E-state index in [1.54, 1.807) is 14.0 Å². The Hall–Kier alpha value is -2.04. The molecule has 0 aliphatic heterocycles. The normalized spacial score (nSPS) is 13.3. The number of carboxylic acids is 1. The number of benzene rings is 1.